The van der Waals surface area contributed by atoms with Crippen molar-refractivity contribution < 1.29 is 17.9 Å². The summed E-state index contributed by atoms with van der Waals surface area (Å²) in [5, 5.41) is 7.70. The van der Waals surface area contributed by atoms with Crippen molar-refractivity contribution in [2.24, 2.45) is 0 Å². The van der Waals surface area contributed by atoms with Crippen LogP contribution in [0, 0.1) is 0 Å². The van der Waals surface area contributed by atoms with Gasteiger partial charge in [-0.25, -0.2) is 0 Å². The quantitative estimate of drug-likeness (QED) is 0.713. The summed E-state index contributed by atoms with van der Waals surface area (Å²) in [5.74, 6) is 0. The maximum atomic E-state index is 12.0. The van der Waals surface area contributed by atoms with E-state index in [1.807, 2.05) is 11.7 Å². The summed E-state index contributed by atoms with van der Waals surface area (Å²) in [6.45, 7) is 4.36. The van der Waals surface area contributed by atoms with Crippen LogP contribution >= 0.6 is 0 Å². The van der Waals surface area contributed by atoms with Crippen molar-refractivity contribution in [3.05, 3.63) is 17.0 Å². The van der Waals surface area contributed by atoms with Crippen molar-refractivity contribution >= 4 is 0 Å². The second kappa shape index (κ2) is 8.38. The molecule has 0 radical (unpaired) electrons. The van der Waals surface area contributed by atoms with Crippen LogP contribution in [0.4, 0.5) is 13.2 Å². The van der Waals surface area contributed by atoms with E-state index in [9.17, 15) is 13.2 Å². The van der Waals surface area contributed by atoms with E-state index < -0.39 is 12.8 Å². The van der Waals surface area contributed by atoms with Crippen LogP contribution in [0.15, 0.2) is 0 Å². The molecule has 0 atom stereocenters. The van der Waals surface area contributed by atoms with Gasteiger partial charge in [0.25, 0.3) is 0 Å². The van der Waals surface area contributed by atoms with Gasteiger partial charge in [-0.05, 0) is 26.3 Å². The third-order valence-electron chi connectivity index (χ3n) is 3.20. The van der Waals surface area contributed by atoms with Gasteiger partial charge >= 0.3 is 6.18 Å². The first-order valence-corrected chi connectivity index (χ1v) is 7.29. The van der Waals surface area contributed by atoms with Crippen LogP contribution in [0.2, 0.25) is 0 Å². The lowest BCUT2D eigenvalue weighted by molar-refractivity contribution is -0.174. The molecule has 0 saturated heterocycles. The van der Waals surface area contributed by atoms with E-state index in [1.165, 1.54) is 5.56 Å². The molecule has 4 nitrogen and oxygen atoms in total. The zero-order chi connectivity index (χ0) is 15.9. The highest BCUT2D eigenvalue weighted by Gasteiger charge is 2.27. The number of hydrogen-bond acceptors (Lipinski definition) is 3. The van der Waals surface area contributed by atoms with Crippen molar-refractivity contribution in [3.63, 3.8) is 0 Å². The predicted octanol–water partition coefficient (Wildman–Crippen LogP) is 2.70. The lowest BCUT2D eigenvalue weighted by atomic mass is 10.1. The molecule has 1 aromatic rings. The Labute approximate surface area is 123 Å². The molecule has 0 aromatic carbocycles. The summed E-state index contributed by atoms with van der Waals surface area (Å²) in [5.41, 5.74) is 3.41. The van der Waals surface area contributed by atoms with Crippen LogP contribution in [0.3, 0.4) is 0 Å². The van der Waals surface area contributed by atoms with E-state index >= 15 is 0 Å². The van der Waals surface area contributed by atoms with E-state index in [0.29, 0.717) is 13.0 Å². The zero-order valence-electron chi connectivity index (χ0n) is 12.9. The number of alkyl halides is 3. The molecule has 0 aliphatic carbocycles. The summed E-state index contributed by atoms with van der Waals surface area (Å²) in [7, 11) is 1.89. The van der Waals surface area contributed by atoms with Crippen LogP contribution in [0.25, 0.3) is 0 Å². The Morgan fingerprint density at radius 1 is 1.24 bits per heavy atom. The molecule has 1 rings (SSSR count). The standard InChI is InChI=1S/C14H24F3N3O/c1-4-12-11(9-18-3)13(5-2)20(19-12)7-6-8-21-10-14(15,16)17/h18H,4-10H2,1-3H3. The second-order valence-electron chi connectivity index (χ2n) is 4.85. The maximum Gasteiger partial charge on any atom is 0.411 e. The summed E-state index contributed by atoms with van der Waals surface area (Å²) < 4.78 is 42.4. The molecule has 0 saturated carbocycles. The van der Waals surface area contributed by atoms with E-state index in [-0.39, 0.29) is 6.61 Å². The molecule has 21 heavy (non-hydrogen) atoms. The molecular formula is C14H24F3N3O. The van der Waals surface area contributed by atoms with Gasteiger partial charge in [-0.3, -0.25) is 4.68 Å². The molecule has 0 aliphatic heterocycles. The fourth-order valence-electron chi connectivity index (χ4n) is 2.34. The first-order chi connectivity index (χ1) is 9.92. The van der Waals surface area contributed by atoms with Crippen molar-refractivity contribution in [3.8, 4) is 0 Å². The lowest BCUT2D eigenvalue weighted by Crippen LogP contribution is -2.18. The fraction of sp³-hybridized carbons (Fsp3) is 0.786. The zero-order valence-corrected chi connectivity index (χ0v) is 12.9. The SMILES string of the molecule is CCc1nn(CCCOCC(F)(F)F)c(CC)c1CNC. The third kappa shape index (κ3) is 5.67. The molecule has 7 heteroatoms. The minimum atomic E-state index is -4.25. The third-order valence-corrected chi connectivity index (χ3v) is 3.20. The molecule has 0 fully saturated rings. The summed E-state index contributed by atoms with van der Waals surface area (Å²) in [6.07, 6.45) is -2.03. The Hall–Kier alpha value is -1.08. The molecule has 1 heterocycles. The summed E-state index contributed by atoms with van der Waals surface area (Å²) in [6, 6.07) is 0. The number of ether oxygens (including phenoxy) is 1. The molecule has 0 amide bonds. The predicted molar refractivity (Wildman–Crippen MR) is 75.2 cm³/mol. The number of rotatable bonds is 9. The molecule has 0 unspecified atom stereocenters. The monoisotopic (exact) mass is 307 g/mol. The number of halogens is 3. The number of aryl methyl sites for hydroxylation is 2. The molecule has 0 aliphatic rings. The Balaban J connectivity index is 2.58. The topological polar surface area (TPSA) is 39.1 Å². The normalized spacial score (nSPS) is 12.1. The average molecular weight is 307 g/mol. The van der Waals surface area contributed by atoms with E-state index in [1.54, 1.807) is 0 Å². The Morgan fingerprint density at radius 2 is 1.95 bits per heavy atom. The Morgan fingerprint density at radius 3 is 2.48 bits per heavy atom. The molecule has 0 bridgehead atoms. The Bertz CT molecular complexity index is 430. The number of nitrogens with zero attached hydrogens (tertiary/aromatic N) is 2. The van der Waals surface area contributed by atoms with Gasteiger partial charge in [-0.2, -0.15) is 18.3 Å². The lowest BCUT2D eigenvalue weighted by Gasteiger charge is -2.09. The van der Waals surface area contributed by atoms with Gasteiger partial charge in [0.2, 0.25) is 0 Å². The second-order valence-corrected chi connectivity index (χ2v) is 4.85. The first-order valence-electron chi connectivity index (χ1n) is 7.29. The molecule has 1 aromatic heterocycles. The molecule has 1 N–H and O–H groups in total. The number of hydrogen-bond donors (Lipinski definition) is 1. The highest BCUT2D eigenvalue weighted by atomic mass is 19.4. The highest BCUT2D eigenvalue weighted by Crippen LogP contribution is 2.17. The average Bonchev–Trinajstić information content (AvgIpc) is 2.74. The number of aromatic nitrogens is 2. The smallest absolute Gasteiger partial charge is 0.372 e. The van der Waals surface area contributed by atoms with Crippen molar-refractivity contribution in [1.82, 2.24) is 15.1 Å². The van der Waals surface area contributed by atoms with E-state index in [0.717, 1.165) is 30.8 Å². The molecule has 0 spiro atoms. The minimum Gasteiger partial charge on any atom is -0.372 e. The fourth-order valence-corrected chi connectivity index (χ4v) is 2.34. The van der Waals surface area contributed by atoms with Crippen LogP contribution in [0.5, 0.6) is 0 Å². The van der Waals surface area contributed by atoms with Gasteiger partial charge in [0.05, 0.1) is 5.69 Å². The van der Waals surface area contributed by atoms with Crippen LogP contribution in [-0.2, 0) is 30.7 Å². The Kier molecular flexibility index (Phi) is 7.17. The van der Waals surface area contributed by atoms with Gasteiger partial charge < -0.3 is 10.1 Å². The molecular weight excluding hydrogens is 283 g/mol. The van der Waals surface area contributed by atoms with Gasteiger partial charge in [0, 0.05) is 31.0 Å². The largest absolute Gasteiger partial charge is 0.411 e. The summed E-state index contributed by atoms with van der Waals surface area (Å²) >= 11 is 0. The van der Waals surface area contributed by atoms with Gasteiger partial charge in [-0.15, -0.1) is 0 Å². The van der Waals surface area contributed by atoms with E-state index in [2.05, 4.69) is 29.0 Å². The van der Waals surface area contributed by atoms with Crippen LogP contribution in [-0.4, -0.2) is 36.2 Å². The number of nitrogens with one attached hydrogen (secondary N) is 1. The summed E-state index contributed by atoms with van der Waals surface area (Å²) in [4.78, 5) is 0. The van der Waals surface area contributed by atoms with Crippen molar-refractivity contribution in [2.75, 3.05) is 20.3 Å². The van der Waals surface area contributed by atoms with Gasteiger partial charge in [-0.1, -0.05) is 13.8 Å². The minimum absolute atomic E-state index is 0.0886. The highest BCUT2D eigenvalue weighted by molar-refractivity contribution is 5.26. The first kappa shape index (κ1) is 18.0. The molecule has 122 valence electrons. The van der Waals surface area contributed by atoms with Crippen molar-refractivity contribution in [1.29, 1.82) is 0 Å². The van der Waals surface area contributed by atoms with Crippen molar-refractivity contribution in [2.45, 2.75) is 52.4 Å². The van der Waals surface area contributed by atoms with Crippen LogP contribution in [0.1, 0.15) is 37.2 Å². The van der Waals surface area contributed by atoms with Crippen LogP contribution < -0.4 is 5.32 Å². The van der Waals surface area contributed by atoms with E-state index in [4.69, 9.17) is 0 Å². The maximum absolute atomic E-state index is 12.0. The van der Waals surface area contributed by atoms with Gasteiger partial charge in [0.15, 0.2) is 0 Å². The van der Waals surface area contributed by atoms with Gasteiger partial charge in [0.1, 0.15) is 6.61 Å².